The number of aryl methyl sites for hydroxylation is 3. The molecule has 14 heavy (non-hydrogen) atoms. The van der Waals surface area contributed by atoms with E-state index in [2.05, 4.69) is 9.97 Å². The van der Waals surface area contributed by atoms with Gasteiger partial charge in [0.25, 0.3) is 0 Å². The fraction of sp³-hybridized carbons (Fsp3) is 0.500. The van der Waals surface area contributed by atoms with Gasteiger partial charge in [0, 0.05) is 0 Å². The first-order valence-electron chi connectivity index (χ1n) is 4.55. The molecule has 0 radical (unpaired) electrons. The van der Waals surface area contributed by atoms with Crippen molar-refractivity contribution in [2.24, 2.45) is 0 Å². The van der Waals surface area contributed by atoms with Crippen molar-refractivity contribution in [2.45, 2.75) is 27.7 Å². The van der Waals surface area contributed by atoms with Crippen LogP contribution in [0.15, 0.2) is 0 Å². The predicted octanol–water partition coefficient (Wildman–Crippen LogP) is 1.58. The number of carbonyl (C=O) groups excluding carboxylic acids is 1. The van der Waals surface area contributed by atoms with Gasteiger partial charge in [-0.3, -0.25) is 0 Å². The number of hydrogen-bond acceptors (Lipinski definition) is 4. The van der Waals surface area contributed by atoms with Crippen molar-refractivity contribution in [3.8, 4) is 0 Å². The summed E-state index contributed by atoms with van der Waals surface area (Å²) in [7, 11) is 0. The SMILES string of the molecule is CCOC(=O)c1c(C)nc(C)nc1C. The molecule has 4 heteroatoms. The van der Waals surface area contributed by atoms with E-state index in [0.29, 0.717) is 29.4 Å². The summed E-state index contributed by atoms with van der Waals surface area (Å²) in [6.45, 7) is 7.51. The Bertz CT molecular complexity index is 338. The lowest BCUT2D eigenvalue weighted by Gasteiger charge is -2.07. The van der Waals surface area contributed by atoms with E-state index in [1.54, 1.807) is 27.7 Å². The average molecular weight is 194 g/mol. The Hall–Kier alpha value is -1.45. The van der Waals surface area contributed by atoms with Crippen molar-refractivity contribution >= 4 is 5.97 Å². The highest BCUT2D eigenvalue weighted by Crippen LogP contribution is 2.11. The first-order chi connectivity index (χ1) is 6.56. The quantitative estimate of drug-likeness (QED) is 0.671. The smallest absolute Gasteiger partial charge is 0.341 e. The molecule has 1 aromatic heterocycles. The van der Waals surface area contributed by atoms with E-state index in [-0.39, 0.29) is 5.97 Å². The molecule has 0 N–H and O–H groups in total. The molecule has 1 heterocycles. The van der Waals surface area contributed by atoms with Crippen molar-refractivity contribution in [1.29, 1.82) is 0 Å². The molecule has 0 spiro atoms. The Morgan fingerprint density at radius 3 is 2.14 bits per heavy atom. The van der Waals surface area contributed by atoms with Gasteiger partial charge in [-0.2, -0.15) is 0 Å². The molecule has 0 aliphatic heterocycles. The summed E-state index contributed by atoms with van der Waals surface area (Å²) in [6.07, 6.45) is 0. The van der Waals surface area contributed by atoms with Crippen LogP contribution in [-0.4, -0.2) is 22.5 Å². The molecule has 0 atom stereocenters. The maximum Gasteiger partial charge on any atom is 0.341 e. The van der Waals surface area contributed by atoms with Gasteiger partial charge in [-0.25, -0.2) is 14.8 Å². The van der Waals surface area contributed by atoms with E-state index < -0.39 is 0 Å². The Balaban J connectivity index is 3.14. The highest BCUT2D eigenvalue weighted by molar-refractivity contribution is 5.91. The molecule has 0 aliphatic rings. The van der Waals surface area contributed by atoms with Crippen LogP contribution in [0.5, 0.6) is 0 Å². The highest BCUT2D eigenvalue weighted by atomic mass is 16.5. The first-order valence-corrected chi connectivity index (χ1v) is 4.55. The number of rotatable bonds is 2. The number of carbonyl (C=O) groups is 1. The molecule has 76 valence electrons. The molecular weight excluding hydrogens is 180 g/mol. The zero-order chi connectivity index (χ0) is 10.7. The maximum absolute atomic E-state index is 11.5. The lowest BCUT2D eigenvalue weighted by atomic mass is 10.2. The van der Waals surface area contributed by atoms with E-state index in [1.807, 2.05) is 0 Å². The largest absolute Gasteiger partial charge is 0.462 e. The van der Waals surface area contributed by atoms with Gasteiger partial charge in [0.1, 0.15) is 11.4 Å². The lowest BCUT2D eigenvalue weighted by molar-refractivity contribution is 0.0523. The monoisotopic (exact) mass is 194 g/mol. The second-order valence-electron chi connectivity index (χ2n) is 3.04. The van der Waals surface area contributed by atoms with E-state index in [1.165, 1.54) is 0 Å². The minimum absolute atomic E-state index is 0.345. The number of nitrogens with zero attached hydrogens (tertiary/aromatic N) is 2. The van der Waals surface area contributed by atoms with Crippen molar-refractivity contribution in [1.82, 2.24) is 9.97 Å². The Morgan fingerprint density at radius 2 is 1.71 bits per heavy atom. The van der Waals surface area contributed by atoms with Gasteiger partial charge >= 0.3 is 5.97 Å². The minimum Gasteiger partial charge on any atom is -0.462 e. The van der Waals surface area contributed by atoms with Crippen LogP contribution >= 0.6 is 0 Å². The first kappa shape index (κ1) is 10.6. The molecule has 4 nitrogen and oxygen atoms in total. The van der Waals surface area contributed by atoms with Gasteiger partial charge in [-0.05, 0) is 27.7 Å². The van der Waals surface area contributed by atoms with Gasteiger partial charge < -0.3 is 4.74 Å². The van der Waals surface area contributed by atoms with E-state index in [9.17, 15) is 4.79 Å². The molecule has 0 bridgehead atoms. The Morgan fingerprint density at radius 1 is 1.21 bits per heavy atom. The van der Waals surface area contributed by atoms with E-state index in [0.717, 1.165) is 0 Å². The van der Waals surface area contributed by atoms with Crippen molar-refractivity contribution in [3.63, 3.8) is 0 Å². The van der Waals surface area contributed by atoms with Crippen LogP contribution in [0, 0.1) is 20.8 Å². The Labute approximate surface area is 83.3 Å². The van der Waals surface area contributed by atoms with Crippen molar-refractivity contribution in [2.75, 3.05) is 6.61 Å². The van der Waals surface area contributed by atoms with Crippen LogP contribution in [0.1, 0.15) is 34.5 Å². The second kappa shape index (κ2) is 4.17. The predicted molar refractivity (Wildman–Crippen MR) is 52.2 cm³/mol. The molecule has 0 unspecified atom stereocenters. The number of hydrogen-bond donors (Lipinski definition) is 0. The minimum atomic E-state index is -0.345. The van der Waals surface area contributed by atoms with Crippen LogP contribution in [0.25, 0.3) is 0 Å². The zero-order valence-electron chi connectivity index (χ0n) is 8.92. The number of esters is 1. The standard InChI is InChI=1S/C10H14N2O2/c1-5-14-10(13)9-6(2)11-8(4)12-7(9)3/h5H2,1-4H3. The molecule has 0 aromatic carbocycles. The van der Waals surface area contributed by atoms with Crippen LogP contribution in [-0.2, 0) is 4.74 Å². The second-order valence-corrected chi connectivity index (χ2v) is 3.04. The average Bonchev–Trinajstić information content (AvgIpc) is 2.01. The fourth-order valence-corrected chi connectivity index (χ4v) is 1.38. The van der Waals surface area contributed by atoms with Crippen LogP contribution < -0.4 is 0 Å². The number of ether oxygens (including phenoxy) is 1. The summed E-state index contributed by atoms with van der Waals surface area (Å²) < 4.78 is 4.91. The third-order valence-corrected chi connectivity index (χ3v) is 1.86. The maximum atomic E-state index is 11.5. The molecule has 1 rings (SSSR count). The van der Waals surface area contributed by atoms with Crippen molar-refractivity contribution < 1.29 is 9.53 Å². The van der Waals surface area contributed by atoms with Gasteiger partial charge in [0.2, 0.25) is 0 Å². The molecule has 0 fully saturated rings. The molecule has 0 saturated heterocycles. The molecule has 0 saturated carbocycles. The summed E-state index contributed by atoms with van der Waals surface area (Å²) >= 11 is 0. The number of aromatic nitrogens is 2. The van der Waals surface area contributed by atoms with Gasteiger partial charge in [-0.15, -0.1) is 0 Å². The van der Waals surface area contributed by atoms with Gasteiger partial charge in [0.05, 0.1) is 18.0 Å². The summed E-state index contributed by atoms with van der Waals surface area (Å²) in [5.41, 5.74) is 1.83. The molecule has 0 aliphatic carbocycles. The van der Waals surface area contributed by atoms with Crippen LogP contribution in [0.2, 0.25) is 0 Å². The topological polar surface area (TPSA) is 52.1 Å². The normalized spacial score (nSPS) is 10.0. The van der Waals surface area contributed by atoms with E-state index >= 15 is 0 Å². The van der Waals surface area contributed by atoms with Gasteiger partial charge in [-0.1, -0.05) is 0 Å². The summed E-state index contributed by atoms with van der Waals surface area (Å²) in [6, 6.07) is 0. The molecular formula is C10H14N2O2. The van der Waals surface area contributed by atoms with Crippen LogP contribution in [0.3, 0.4) is 0 Å². The molecule has 0 amide bonds. The fourth-order valence-electron chi connectivity index (χ4n) is 1.38. The van der Waals surface area contributed by atoms with E-state index in [4.69, 9.17) is 4.74 Å². The molecule has 1 aromatic rings. The van der Waals surface area contributed by atoms with Gasteiger partial charge in [0.15, 0.2) is 0 Å². The Kier molecular flexibility index (Phi) is 3.17. The lowest BCUT2D eigenvalue weighted by Crippen LogP contribution is -2.12. The summed E-state index contributed by atoms with van der Waals surface area (Å²) in [5.74, 6) is 0.329. The van der Waals surface area contributed by atoms with Crippen LogP contribution in [0.4, 0.5) is 0 Å². The third kappa shape index (κ3) is 2.07. The van der Waals surface area contributed by atoms with Crippen molar-refractivity contribution in [3.05, 3.63) is 22.8 Å². The third-order valence-electron chi connectivity index (χ3n) is 1.86. The summed E-state index contributed by atoms with van der Waals surface area (Å²) in [4.78, 5) is 19.7. The summed E-state index contributed by atoms with van der Waals surface area (Å²) in [5, 5.41) is 0. The zero-order valence-corrected chi connectivity index (χ0v) is 8.92. The highest BCUT2D eigenvalue weighted by Gasteiger charge is 2.15.